The molecule has 6 aromatic carbocycles. The van der Waals surface area contributed by atoms with Gasteiger partial charge < -0.3 is 4.74 Å². The molecule has 0 aromatic heterocycles. The molecule has 0 saturated carbocycles. The van der Waals surface area contributed by atoms with Crippen LogP contribution in [0.25, 0.3) is 22.3 Å². The summed E-state index contributed by atoms with van der Waals surface area (Å²) in [4.78, 5) is 12.0. The topological polar surface area (TPSA) is 80.7 Å². The first-order valence-corrected chi connectivity index (χ1v) is 18.1. The summed E-state index contributed by atoms with van der Waals surface area (Å²) in [5.41, 5.74) is 11.0. The van der Waals surface area contributed by atoms with Crippen molar-refractivity contribution in [1.82, 2.24) is 0 Å². The summed E-state index contributed by atoms with van der Waals surface area (Å²) in [5, 5.41) is 0. The van der Waals surface area contributed by atoms with Crippen LogP contribution in [0.15, 0.2) is 142 Å². The van der Waals surface area contributed by atoms with E-state index in [1.54, 1.807) is 0 Å². The molecule has 1 heterocycles. The number of para-hydroxylation sites is 2. The predicted molar refractivity (Wildman–Crippen MR) is 192 cm³/mol. The summed E-state index contributed by atoms with van der Waals surface area (Å²) < 4.78 is 34.2. The highest BCUT2D eigenvalue weighted by Gasteiger charge is 2.50. The van der Waals surface area contributed by atoms with E-state index in [9.17, 15) is 13.2 Å². The number of carbonyl (C=O) groups excluding carboxylic acids is 1. The van der Waals surface area contributed by atoms with Crippen molar-refractivity contribution in [3.05, 3.63) is 176 Å². The van der Waals surface area contributed by atoms with E-state index in [1.165, 1.54) is 33.4 Å². The standard InChI is InChI=1S/C25H15BrO.C13H7BrO.CH4O3S/c26-16-13-14-18-17-7-1-2-8-19(17)25(22(18)15-16)20-9-3-5-11-23(20)27-24-12-6-4-10-21(24)25;14-8-5-6-10-9-3-1-2-4-11(9)13(15)12(10)7-8;1-5(2,3)4/h1-15H;1-7H;1H3,(H,2,3,4). The van der Waals surface area contributed by atoms with Crippen molar-refractivity contribution in [2.24, 2.45) is 0 Å². The van der Waals surface area contributed by atoms with E-state index in [4.69, 9.17) is 9.29 Å². The van der Waals surface area contributed by atoms with Crippen LogP contribution in [0.5, 0.6) is 11.5 Å². The van der Waals surface area contributed by atoms with Gasteiger partial charge in [0.2, 0.25) is 0 Å². The Morgan fingerprint density at radius 1 is 0.532 bits per heavy atom. The van der Waals surface area contributed by atoms with Crippen molar-refractivity contribution < 1.29 is 22.5 Å². The van der Waals surface area contributed by atoms with Gasteiger partial charge >= 0.3 is 0 Å². The smallest absolute Gasteiger partial charge is 0.261 e. The first-order chi connectivity index (χ1) is 22.6. The number of rotatable bonds is 0. The average Bonchev–Trinajstić information content (AvgIpc) is 3.50. The zero-order chi connectivity index (χ0) is 32.9. The number of benzene rings is 6. The first kappa shape index (κ1) is 31.3. The van der Waals surface area contributed by atoms with Crippen LogP contribution in [-0.4, -0.2) is 25.0 Å². The van der Waals surface area contributed by atoms with Crippen LogP contribution in [0, 0.1) is 0 Å². The van der Waals surface area contributed by atoms with Crippen LogP contribution in [0.4, 0.5) is 0 Å². The second kappa shape index (κ2) is 12.0. The maximum Gasteiger partial charge on any atom is 0.261 e. The number of fused-ring (bicyclic) bond motifs is 12. The van der Waals surface area contributed by atoms with E-state index in [0.717, 1.165) is 42.7 Å². The molecule has 0 bridgehead atoms. The van der Waals surface area contributed by atoms with Gasteiger partial charge in [-0.3, -0.25) is 9.35 Å². The van der Waals surface area contributed by atoms with Crippen molar-refractivity contribution in [3.63, 3.8) is 0 Å². The summed E-state index contributed by atoms with van der Waals surface area (Å²) in [6.45, 7) is 0. The minimum atomic E-state index is -3.67. The normalized spacial score (nSPS) is 13.7. The van der Waals surface area contributed by atoms with E-state index >= 15 is 0 Å². The Morgan fingerprint density at radius 2 is 0.957 bits per heavy atom. The van der Waals surface area contributed by atoms with Gasteiger partial charge in [-0.1, -0.05) is 129 Å². The Hall–Kier alpha value is -4.34. The third-order valence-corrected chi connectivity index (χ3v) is 9.48. The number of ketones is 1. The molecule has 5 nitrogen and oxygen atoms in total. The lowest BCUT2D eigenvalue weighted by Crippen LogP contribution is -2.32. The Bertz CT molecular complexity index is 2280. The average molecular weight is 767 g/mol. The van der Waals surface area contributed by atoms with Gasteiger partial charge in [-0.05, 0) is 69.8 Å². The molecule has 232 valence electrons. The number of hydrogen-bond donors (Lipinski definition) is 1. The Kier molecular flexibility index (Phi) is 8.00. The SMILES string of the molecule is Brc1ccc2c(c1)C1(c3ccccc3Oc3ccccc31)c1ccccc1-2.CS(=O)(=O)O.O=C1c2ccccc2-c2ccc(Br)cc21. The fraction of sp³-hybridized carbons (Fsp3) is 0.0513. The van der Waals surface area contributed by atoms with Gasteiger partial charge in [-0.15, -0.1) is 0 Å². The quantitative estimate of drug-likeness (QED) is 0.156. The summed E-state index contributed by atoms with van der Waals surface area (Å²) in [6, 6.07) is 45.8. The van der Waals surface area contributed by atoms with E-state index in [1.807, 2.05) is 54.6 Å². The third-order valence-electron chi connectivity index (χ3n) is 8.50. The maximum absolute atomic E-state index is 12.0. The Labute approximate surface area is 289 Å². The first-order valence-electron chi connectivity index (χ1n) is 14.7. The second-order valence-corrected chi connectivity index (χ2v) is 14.7. The van der Waals surface area contributed by atoms with Gasteiger partial charge in [0.1, 0.15) is 11.5 Å². The zero-order valence-electron chi connectivity index (χ0n) is 24.9. The van der Waals surface area contributed by atoms with Gasteiger partial charge in [0.05, 0.1) is 11.7 Å². The molecular weight excluding hydrogens is 740 g/mol. The number of ether oxygens (including phenoxy) is 1. The molecule has 8 heteroatoms. The van der Waals surface area contributed by atoms with Gasteiger partial charge in [-0.2, -0.15) is 8.42 Å². The fourth-order valence-electron chi connectivity index (χ4n) is 6.83. The molecule has 6 aromatic rings. The Morgan fingerprint density at radius 3 is 1.57 bits per heavy atom. The molecule has 1 aliphatic heterocycles. The molecule has 0 unspecified atom stereocenters. The molecule has 0 atom stereocenters. The zero-order valence-corrected chi connectivity index (χ0v) is 28.9. The fourth-order valence-corrected chi connectivity index (χ4v) is 7.55. The molecule has 0 radical (unpaired) electrons. The lowest BCUT2D eigenvalue weighted by Gasteiger charge is -2.39. The van der Waals surface area contributed by atoms with E-state index in [-0.39, 0.29) is 11.2 Å². The lowest BCUT2D eigenvalue weighted by molar-refractivity contribution is 0.104. The minimum absolute atomic E-state index is 0.127. The monoisotopic (exact) mass is 764 g/mol. The van der Waals surface area contributed by atoms with Crippen LogP contribution in [-0.2, 0) is 15.5 Å². The second-order valence-electron chi connectivity index (χ2n) is 11.4. The summed E-state index contributed by atoms with van der Waals surface area (Å²) in [5.74, 6) is 1.99. The van der Waals surface area contributed by atoms with Crippen LogP contribution in [0.2, 0.25) is 0 Å². The largest absolute Gasteiger partial charge is 0.457 e. The summed E-state index contributed by atoms with van der Waals surface area (Å²) >= 11 is 7.09. The Balaban J connectivity index is 0.000000148. The van der Waals surface area contributed by atoms with Gasteiger partial charge in [0.15, 0.2) is 5.78 Å². The molecule has 3 aliphatic rings. The highest BCUT2D eigenvalue weighted by molar-refractivity contribution is 9.10. The van der Waals surface area contributed by atoms with Crippen LogP contribution in [0.1, 0.15) is 38.2 Å². The van der Waals surface area contributed by atoms with Gasteiger partial charge in [0.25, 0.3) is 10.1 Å². The highest BCUT2D eigenvalue weighted by Crippen LogP contribution is 2.62. The van der Waals surface area contributed by atoms with Crippen molar-refractivity contribution in [2.45, 2.75) is 5.41 Å². The molecule has 0 saturated heterocycles. The third kappa shape index (κ3) is 5.45. The van der Waals surface area contributed by atoms with Gasteiger partial charge in [0, 0.05) is 31.2 Å². The molecule has 1 spiro atoms. The van der Waals surface area contributed by atoms with Crippen LogP contribution < -0.4 is 4.74 Å². The molecule has 2 aliphatic carbocycles. The van der Waals surface area contributed by atoms with E-state index < -0.39 is 10.1 Å². The molecule has 1 N–H and O–H groups in total. The number of carbonyl (C=O) groups is 1. The minimum Gasteiger partial charge on any atom is -0.457 e. The predicted octanol–water partition coefficient (Wildman–Crippen LogP) is 10.1. The molecule has 9 rings (SSSR count). The van der Waals surface area contributed by atoms with Crippen molar-refractivity contribution in [3.8, 4) is 33.8 Å². The lowest BCUT2D eigenvalue weighted by atomic mass is 9.66. The van der Waals surface area contributed by atoms with Crippen molar-refractivity contribution >= 4 is 47.8 Å². The molecule has 0 amide bonds. The van der Waals surface area contributed by atoms with Crippen LogP contribution >= 0.6 is 31.9 Å². The molecule has 47 heavy (non-hydrogen) atoms. The maximum atomic E-state index is 12.0. The highest BCUT2D eigenvalue weighted by atomic mass is 79.9. The molecule has 0 fully saturated rings. The summed E-state index contributed by atoms with van der Waals surface area (Å²) in [7, 11) is -3.67. The number of hydrogen-bond acceptors (Lipinski definition) is 4. The van der Waals surface area contributed by atoms with Crippen molar-refractivity contribution in [2.75, 3.05) is 6.26 Å². The van der Waals surface area contributed by atoms with Gasteiger partial charge in [-0.25, -0.2) is 0 Å². The van der Waals surface area contributed by atoms with Crippen molar-refractivity contribution in [1.29, 1.82) is 0 Å². The van der Waals surface area contributed by atoms with E-state index in [2.05, 4.69) is 111 Å². The molecular formula is C39H26Br2O5S. The van der Waals surface area contributed by atoms with E-state index in [0.29, 0.717) is 6.26 Å². The van der Waals surface area contributed by atoms with Crippen LogP contribution in [0.3, 0.4) is 0 Å². The summed E-state index contributed by atoms with van der Waals surface area (Å²) in [6.07, 6.45) is 0.715. The number of halogens is 2.